The normalized spacial score (nSPS) is 16.7. The summed E-state index contributed by atoms with van der Waals surface area (Å²) in [6.07, 6.45) is 0.979. The molecule has 6 heteroatoms. The standard InChI is InChI=1S/C25H33N3O3/c1-19(2)17-23(28-15-13-27(14-16-28)21-11-7-4-8-12-21)24(29)26-22(25(30)31)18-20-9-5-3-6-10-20/h3-12,19,22-23H,13-18H2,1-2H3,(H,26,29)(H,30,31). The van der Waals surface area contributed by atoms with Crippen LogP contribution in [0.25, 0.3) is 0 Å². The van der Waals surface area contributed by atoms with Gasteiger partial charge in [0.25, 0.3) is 0 Å². The highest BCUT2D eigenvalue weighted by atomic mass is 16.4. The predicted molar refractivity (Wildman–Crippen MR) is 123 cm³/mol. The maximum Gasteiger partial charge on any atom is 0.326 e. The minimum atomic E-state index is -1.01. The van der Waals surface area contributed by atoms with Crippen LogP contribution in [0.4, 0.5) is 5.69 Å². The molecule has 3 rings (SSSR count). The highest BCUT2D eigenvalue weighted by molar-refractivity contribution is 5.87. The first-order chi connectivity index (χ1) is 14.9. The molecular formula is C25H33N3O3. The van der Waals surface area contributed by atoms with Crippen molar-refractivity contribution in [2.75, 3.05) is 31.1 Å². The average molecular weight is 424 g/mol. The maximum absolute atomic E-state index is 13.2. The van der Waals surface area contributed by atoms with Gasteiger partial charge in [-0.15, -0.1) is 0 Å². The third kappa shape index (κ3) is 6.56. The first-order valence-electron chi connectivity index (χ1n) is 11.0. The minimum Gasteiger partial charge on any atom is -0.480 e. The van der Waals surface area contributed by atoms with Crippen LogP contribution in [-0.4, -0.2) is 60.1 Å². The van der Waals surface area contributed by atoms with E-state index in [0.717, 1.165) is 31.7 Å². The maximum atomic E-state index is 13.2. The van der Waals surface area contributed by atoms with Crippen LogP contribution in [0, 0.1) is 5.92 Å². The molecular weight excluding hydrogens is 390 g/mol. The van der Waals surface area contributed by atoms with Crippen LogP contribution in [0.5, 0.6) is 0 Å². The summed E-state index contributed by atoms with van der Waals surface area (Å²) in [5.41, 5.74) is 2.09. The van der Waals surface area contributed by atoms with Crippen molar-refractivity contribution in [2.24, 2.45) is 5.92 Å². The molecule has 2 aromatic rings. The molecule has 0 saturated carbocycles. The lowest BCUT2D eigenvalue weighted by Crippen LogP contribution is -2.57. The van der Waals surface area contributed by atoms with Gasteiger partial charge < -0.3 is 15.3 Å². The lowest BCUT2D eigenvalue weighted by atomic mass is 9.99. The number of nitrogens with zero attached hydrogens (tertiary/aromatic N) is 2. The predicted octanol–water partition coefficient (Wildman–Crippen LogP) is 3.04. The van der Waals surface area contributed by atoms with E-state index < -0.39 is 12.0 Å². The quantitative estimate of drug-likeness (QED) is 0.649. The van der Waals surface area contributed by atoms with Gasteiger partial charge in [-0.25, -0.2) is 4.79 Å². The van der Waals surface area contributed by atoms with Gasteiger partial charge in [0.2, 0.25) is 5.91 Å². The van der Waals surface area contributed by atoms with Crippen molar-refractivity contribution >= 4 is 17.6 Å². The molecule has 2 aromatic carbocycles. The molecule has 0 aliphatic carbocycles. The number of anilines is 1. The zero-order valence-corrected chi connectivity index (χ0v) is 18.4. The zero-order valence-electron chi connectivity index (χ0n) is 18.4. The Kier molecular flexibility index (Phi) is 8.06. The van der Waals surface area contributed by atoms with Crippen LogP contribution in [0.15, 0.2) is 60.7 Å². The number of rotatable bonds is 9. The van der Waals surface area contributed by atoms with Crippen molar-refractivity contribution in [2.45, 2.75) is 38.8 Å². The summed E-state index contributed by atoms with van der Waals surface area (Å²) in [7, 11) is 0. The van der Waals surface area contributed by atoms with Gasteiger partial charge in [0.1, 0.15) is 6.04 Å². The van der Waals surface area contributed by atoms with Gasteiger partial charge in [0.05, 0.1) is 6.04 Å². The Labute approximate surface area is 184 Å². The van der Waals surface area contributed by atoms with E-state index in [4.69, 9.17) is 0 Å². The van der Waals surface area contributed by atoms with Crippen molar-refractivity contribution in [3.63, 3.8) is 0 Å². The van der Waals surface area contributed by atoms with Gasteiger partial charge in [0.15, 0.2) is 0 Å². The van der Waals surface area contributed by atoms with E-state index in [1.165, 1.54) is 5.69 Å². The summed E-state index contributed by atoms with van der Waals surface area (Å²) in [5, 5.41) is 12.5. The molecule has 166 valence electrons. The van der Waals surface area contributed by atoms with Crippen molar-refractivity contribution < 1.29 is 14.7 Å². The second kappa shape index (κ2) is 11.0. The van der Waals surface area contributed by atoms with E-state index in [2.05, 4.69) is 41.1 Å². The Morgan fingerprint density at radius 2 is 1.52 bits per heavy atom. The Hall–Kier alpha value is -2.86. The van der Waals surface area contributed by atoms with Crippen molar-refractivity contribution in [3.05, 3.63) is 66.2 Å². The number of piperazine rings is 1. The summed E-state index contributed by atoms with van der Waals surface area (Å²) >= 11 is 0. The monoisotopic (exact) mass is 423 g/mol. The van der Waals surface area contributed by atoms with Crippen LogP contribution >= 0.6 is 0 Å². The number of hydrogen-bond donors (Lipinski definition) is 2. The van der Waals surface area contributed by atoms with Gasteiger partial charge in [-0.3, -0.25) is 9.69 Å². The molecule has 0 spiro atoms. The fourth-order valence-corrected chi connectivity index (χ4v) is 4.12. The lowest BCUT2D eigenvalue weighted by molar-refractivity contribution is -0.142. The molecule has 2 unspecified atom stereocenters. The Morgan fingerprint density at radius 3 is 2.06 bits per heavy atom. The highest BCUT2D eigenvalue weighted by Gasteiger charge is 2.32. The first kappa shape index (κ1) is 22.8. The SMILES string of the molecule is CC(C)CC(C(=O)NC(Cc1ccccc1)C(=O)O)N1CCN(c2ccccc2)CC1. The molecule has 1 aliphatic rings. The van der Waals surface area contributed by atoms with Gasteiger partial charge >= 0.3 is 5.97 Å². The smallest absolute Gasteiger partial charge is 0.326 e. The summed E-state index contributed by atoms with van der Waals surface area (Å²) in [4.78, 5) is 29.6. The molecule has 0 aromatic heterocycles. The number of benzene rings is 2. The van der Waals surface area contributed by atoms with Crippen LogP contribution < -0.4 is 10.2 Å². The molecule has 0 bridgehead atoms. The summed E-state index contributed by atoms with van der Waals surface area (Å²) in [6.45, 7) is 7.43. The first-order valence-corrected chi connectivity index (χ1v) is 11.0. The Balaban J connectivity index is 1.65. The second-order valence-electron chi connectivity index (χ2n) is 8.59. The summed E-state index contributed by atoms with van der Waals surface area (Å²) < 4.78 is 0. The number of hydrogen-bond acceptors (Lipinski definition) is 4. The average Bonchev–Trinajstić information content (AvgIpc) is 2.78. The van der Waals surface area contributed by atoms with E-state index in [-0.39, 0.29) is 18.4 Å². The van der Waals surface area contributed by atoms with Crippen molar-refractivity contribution in [1.82, 2.24) is 10.2 Å². The molecule has 1 heterocycles. The lowest BCUT2D eigenvalue weighted by Gasteiger charge is -2.40. The summed E-state index contributed by atoms with van der Waals surface area (Å²) in [6, 6.07) is 18.5. The fourth-order valence-electron chi connectivity index (χ4n) is 4.12. The molecule has 2 atom stereocenters. The molecule has 1 fully saturated rings. The molecule has 1 aliphatic heterocycles. The molecule has 2 N–H and O–H groups in total. The van der Waals surface area contributed by atoms with Crippen molar-refractivity contribution in [3.8, 4) is 0 Å². The molecule has 1 saturated heterocycles. The topological polar surface area (TPSA) is 72.9 Å². The highest BCUT2D eigenvalue weighted by Crippen LogP contribution is 2.19. The number of nitrogens with one attached hydrogen (secondary N) is 1. The molecule has 31 heavy (non-hydrogen) atoms. The minimum absolute atomic E-state index is 0.190. The van der Waals surface area contributed by atoms with Crippen molar-refractivity contribution in [1.29, 1.82) is 0 Å². The third-order valence-electron chi connectivity index (χ3n) is 5.77. The van der Waals surface area contributed by atoms with E-state index in [0.29, 0.717) is 12.3 Å². The van der Waals surface area contributed by atoms with E-state index >= 15 is 0 Å². The summed E-state index contributed by atoms with van der Waals surface area (Å²) in [5.74, 6) is -0.861. The molecule has 6 nitrogen and oxygen atoms in total. The van der Waals surface area contributed by atoms with Crippen LogP contribution in [0.2, 0.25) is 0 Å². The van der Waals surface area contributed by atoms with Gasteiger partial charge in [-0.05, 0) is 30.0 Å². The van der Waals surface area contributed by atoms with Crippen LogP contribution in [-0.2, 0) is 16.0 Å². The van der Waals surface area contributed by atoms with Gasteiger partial charge in [-0.2, -0.15) is 0 Å². The number of carbonyl (C=O) groups excluding carboxylic acids is 1. The van der Waals surface area contributed by atoms with E-state index in [9.17, 15) is 14.7 Å². The molecule has 0 radical (unpaired) electrons. The van der Waals surface area contributed by atoms with Gasteiger partial charge in [0, 0.05) is 38.3 Å². The molecule has 1 amide bonds. The Bertz CT molecular complexity index is 834. The Morgan fingerprint density at radius 1 is 0.935 bits per heavy atom. The third-order valence-corrected chi connectivity index (χ3v) is 5.77. The van der Waals surface area contributed by atoms with E-state index in [1.54, 1.807) is 0 Å². The number of para-hydroxylation sites is 1. The number of amides is 1. The number of carboxylic acid groups (broad SMARTS) is 1. The van der Waals surface area contributed by atoms with Crippen LogP contribution in [0.1, 0.15) is 25.8 Å². The zero-order chi connectivity index (χ0) is 22.2. The second-order valence-corrected chi connectivity index (χ2v) is 8.59. The van der Waals surface area contributed by atoms with E-state index in [1.807, 2.05) is 48.5 Å². The van der Waals surface area contributed by atoms with Crippen LogP contribution in [0.3, 0.4) is 0 Å². The fraction of sp³-hybridized carbons (Fsp3) is 0.440. The largest absolute Gasteiger partial charge is 0.480 e. The number of aliphatic carboxylic acids is 1. The van der Waals surface area contributed by atoms with Gasteiger partial charge in [-0.1, -0.05) is 62.4 Å². The number of carboxylic acids is 1. The number of carbonyl (C=O) groups is 2.